The molecule has 1 fully saturated rings. The highest BCUT2D eigenvalue weighted by atomic mass is 35.5. The lowest BCUT2D eigenvalue weighted by molar-refractivity contribution is 0.124. The minimum atomic E-state index is -0.853. The van der Waals surface area contributed by atoms with E-state index in [9.17, 15) is 4.79 Å². The minimum Gasteiger partial charge on any atom is -0.465 e. The molecule has 3 aromatic rings. The van der Waals surface area contributed by atoms with E-state index in [-0.39, 0.29) is 6.04 Å². The molecule has 0 aliphatic carbocycles. The van der Waals surface area contributed by atoms with Crippen molar-refractivity contribution in [3.63, 3.8) is 0 Å². The van der Waals surface area contributed by atoms with E-state index in [1.165, 1.54) is 4.90 Å². The van der Waals surface area contributed by atoms with Gasteiger partial charge in [0.25, 0.3) is 0 Å². The Morgan fingerprint density at radius 2 is 1.81 bits per heavy atom. The zero-order chi connectivity index (χ0) is 18.8. The standard InChI is InChI=1S/C19H18ClN5O2/c20-18-8-13(1-4-22-18)14-7-15(10-21-9-14)16-11-23-25(12-16)17-2-5-24(6-3-17)19(26)27/h1,4,7-12,17H,2-3,5-6H2,(H,26,27). The zero-order valence-corrected chi connectivity index (χ0v) is 15.3. The maximum Gasteiger partial charge on any atom is 0.407 e. The fourth-order valence-corrected chi connectivity index (χ4v) is 3.52. The van der Waals surface area contributed by atoms with Gasteiger partial charge in [0.2, 0.25) is 0 Å². The molecule has 0 aromatic carbocycles. The lowest BCUT2D eigenvalue weighted by Crippen LogP contribution is -2.38. The number of aromatic nitrogens is 4. The van der Waals surface area contributed by atoms with Crippen molar-refractivity contribution in [2.75, 3.05) is 13.1 Å². The predicted molar refractivity (Wildman–Crippen MR) is 102 cm³/mol. The molecule has 1 aliphatic heterocycles. The Morgan fingerprint density at radius 3 is 2.52 bits per heavy atom. The molecule has 1 aliphatic rings. The second kappa shape index (κ2) is 7.36. The van der Waals surface area contributed by atoms with Gasteiger partial charge in [-0.1, -0.05) is 11.6 Å². The van der Waals surface area contributed by atoms with Crippen LogP contribution >= 0.6 is 11.6 Å². The molecular formula is C19H18ClN5O2. The van der Waals surface area contributed by atoms with Crippen LogP contribution in [-0.2, 0) is 0 Å². The summed E-state index contributed by atoms with van der Waals surface area (Å²) < 4.78 is 1.94. The van der Waals surface area contributed by atoms with Crippen molar-refractivity contribution in [1.29, 1.82) is 0 Å². The van der Waals surface area contributed by atoms with Crippen LogP contribution in [0.25, 0.3) is 22.3 Å². The molecule has 0 unspecified atom stereocenters. The summed E-state index contributed by atoms with van der Waals surface area (Å²) in [7, 11) is 0. The molecule has 8 heteroatoms. The van der Waals surface area contributed by atoms with E-state index in [1.54, 1.807) is 18.6 Å². The smallest absolute Gasteiger partial charge is 0.407 e. The van der Waals surface area contributed by atoms with Gasteiger partial charge in [-0.3, -0.25) is 9.67 Å². The van der Waals surface area contributed by atoms with Gasteiger partial charge in [0.15, 0.2) is 0 Å². The zero-order valence-electron chi connectivity index (χ0n) is 14.5. The number of piperidine rings is 1. The van der Waals surface area contributed by atoms with Crippen LogP contribution in [0.2, 0.25) is 5.15 Å². The Bertz CT molecular complexity index is 966. The Labute approximate surface area is 161 Å². The molecule has 0 spiro atoms. The molecule has 1 amide bonds. The van der Waals surface area contributed by atoms with Gasteiger partial charge in [-0.05, 0) is 36.6 Å². The molecule has 0 radical (unpaired) electrons. The number of carbonyl (C=O) groups is 1. The van der Waals surface area contributed by atoms with E-state index in [2.05, 4.69) is 15.1 Å². The molecule has 7 nitrogen and oxygen atoms in total. The molecule has 0 saturated carbocycles. The fourth-order valence-electron chi connectivity index (χ4n) is 3.35. The average molecular weight is 384 g/mol. The van der Waals surface area contributed by atoms with Crippen LogP contribution in [0.15, 0.2) is 49.2 Å². The van der Waals surface area contributed by atoms with Crippen LogP contribution in [-0.4, -0.2) is 48.9 Å². The number of nitrogens with zero attached hydrogens (tertiary/aromatic N) is 5. The van der Waals surface area contributed by atoms with Crippen molar-refractivity contribution in [2.24, 2.45) is 0 Å². The van der Waals surface area contributed by atoms with Gasteiger partial charge in [-0.25, -0.2) is 9.78 Å². The summed E-state index contributed by atoms with van der Waals surface area (Å²) >= 11 is 5.99. The quantitative estimate of drug-likeness (QED) is 0.691. The number of pyridine rings is 2. The summed E-state index contributed by atoms with van der Waals surface area (Å²) in [6.07, 6.45) is 9.77. The second-order valence-corrected chi connectivity index (χ2v) is 6.93. The first-order valence-electron chi connectivity index (χ1n) is 8.69. The molecule has 0 bridgehead atoms. The third kappa shape index (κ3) is 3.78. The van der Waals surface area contributed by atoms with Crippen LogP contribution in [0.4, 0.5) is 4.79 Å². The van der Waals surface area contributed by atoms with Crippen molar-refractivity contribution >= 4 is 17.7 Å². The molecule has 3 aromatic heterocycles. The third-order valence-electron chi connectivity index (χ3n) is 4.84. The Hall–Kier alpha value is -2.93. The minimum absolute atomic E-state index is 0.212. The van der Waals surface area contributed by atoms with Crippen molar-refractivity contribution < 1.29 is 9.90 Å². The second-order valence-electron chi connectivity index (χ2n) is 6.54. The van der Waals surface area contributed by atoms with E-state index in [0.717, 1.165) is 35.1 Å². The van der Waals surface area contributed by atoms with Crippen molar-refractivity contribution in [3.8, 4) is 22.3 Å². The van der Waals surface area contributed by atoms with Crippen LogP contribution < -0.4 is 0 Å². The largest absolute Gasteiger partial charge is 0.465 e. The van der Waals surface area contributed by atoms with Crippen molar-refractivity contribution in [1.82, 2.24) is 24.6 Å². The third-order valence-corrected chi connectivity index (χ3v) is 5.05. The van der Waals surface area contributed by atoms with E-state index in [4.69, 9.17) is 16.7 Å². The summed E-state index contributed by atoms with van der Waals surface area (Å²) in [4.78, 5) is 20.8. The molecule has 0 atom stereocenters. The van der Waals surface area contributed by atoms with Crippen LogP contribution in [0.5, 0.6) is 0 Å². The van der Waals surface area contributed by atoms with Crippen LogP contribution in [0.3, 0.4) is 0 Å². The Kier molecular flexibility index (Phi) is 4.77. The first-order valence-corrected chi connectivity index (χ1v) is 9.07. The normalized spacial score (nSPS) is 15.1. The number of rotatable bonds is 3. The summed E-state index contributed by atoms with van der Waals surface area (Å²) in [5, 5.41) is 14.0. The number of amides is 1. The molecule has 1 N–H and O–H groups in total. The van der Waals surface area contributed by atoms with Gasteiger partial charge >= 0.3 is 6.09 Å². The number of carboxylic acid groups (broad SMARTS) is 1. The van der Waals surface area contributed by atoms with Crippen molar-refractivity contribution in [2.45, 2.75) is 18.9 Å². The maximum atomic E-state index is 11.0. The topological polar surface area (TPSA) is 84.1 Å². The highest BCUT2D eigenvalue weighted by Crippen LogP contribution is 2.28. The van der Waals surface area contributed by atoms with E-state index >= 15 is 0 Å². The lowest BCUT2D eigenvalue weighted by atomic mass is 10.0. The lowest BCUT2D eigenvalue weighted by Gasteiger charge is -2.30. The summed E-state index contributed by atoms with van der Waals surface area (Å²) in [5.74, 6) is 0. The number of halogens is 1. The summed E-state index contributed by atoms with van der Waals surface area (Å²) in [6, 6.07) is 5.96. The van der Waals surface area contributed by atoms with Gasteiger partial charge in [0.05, 0.1) is 12.2 Å². The van der Waals surface area contributed by atoms with Gasteiger partial charge in [0.1, 0.15) is 5.15 Å². The van der Waals surface area contributed by atoms with Gasteiger partial charge in [-0.2, -0.15) is 5.10 Å². The molecule has 138 valence electrons. The highest BCUT2D eigenvalue weighted by Gasteiger charge is 2.24. The maximum absolute atomic E-state index is 11.0. The van der Waals surface area contributed by atoms with E-state index in [0.29, 0.717) is 18.2 Å². The SMILES string of the molecule is O=C(O)N1CCC(n2cc(-c3cncc(-c4ccnc(Cl)c4)c3)cn2)CC1. The number of hydrogen-bond donors (Lipinski definition) is 1. The van der Waals surface area contributed by atoms with Crippen LogP contribution in [0.1, 0.15) is 18.9 Å². The van der Waals surface area contributed by atoms with E-state index in [1.807, 2.05) is 35.3 Å². The molecular weight excluding hydrogens is 366 g/mol. The van der Waals surface area contributed by atoms with Crippen molar-refractivity contribution in [3.05, 3.63) is 54.3 Å². The Morgan fingerprint density at radius 1 is 1.07 bits per heavy atom. The number of likely N-dealkylation sites (tertiary alicyclic amines) is 1. The monoisotopic (exact) mass is 383 g/mol. The predicted octanol–water partition coefficient (Wildman–Crippen LogP) is 3.98. The highest BCUT2D eigenvalue weighted by molar-refractivity contribution is 6.29. The molecule has 4 rings (SSSR count). The van der Waals surface area contributed by atoms with Gasteiger partial charge in [-0.15, -0.1) is 0 Å². The van der Waals surface area contributed by atoms with Gasteiger partial charge < -0.3 is 10.0 Å². The fraction of sp³-hybridized carbons (Fsp3) is 0.263. The first-order chi connectivity index (χ1) is 13.1. The number of hydrogen-bond acceptors (Lipinski definition) is 4. The van der Waals surface area contributed by atoms with E-state index < -0.39 is 6.09 Å². The van der Waals surface area contributed by atoms with Crippen LogP contribution in [0, 0.1) is 0 Å². The van der Waals surface area contributed by atoms with Gasteiger partial charge in [0, 0.05) is 54.6 Å². The molecule has 4 heterocycles. The Balaban J connectivity index is 1.54. The summed E-state index contributed by atoms with van der Waals surface area (Å²) in [6.45, 7) is 1.07. The molecule has 27 heavy (non-hydrogen) atoms. The molecule has 1 saturated heterocycles. The first kappa shape index (κ1) is 17.5. The average Bonchev–Trinajstić information content (AvgIpc) is 3.18. The summed E-state index contributed by atoms with van der Waals surface area (Å²) in [5.41, 5.74) is 3.86.